The molecule has 0 saturated carbocycles. The van der Waals surface area contributed by atoms with Crippen molar-refractivity contribution in [3.05, 3.63) is 23.9 Å². The van der Waals surface area contributed by atoms with Crippen LogP contribution in [0.25, 0.3) is 0 Å². The molecule has 5 heteroatoms. The molecule has 1 fully saturated rings. The number of rotatable bonds is 2. The predicted octanol–water partition coefficient (Wildman–Crippen LogP) is 1.15. The van der Waals surface area contributed by atoms with E-state index in [1.807, 2.05) is 0 Å². The summed E-state index contributed by atoms with van der Waals surface area (Å²) in [5, 5.41) is 15.4. The zero-order valence-corrected chi connectivity index (χ0v) is 9.05. The van der Waals surface area contributed by atoms with E-state index in [2.05, 4.69) is 21.7 Å². The molecule has 2 N–H and O–H groups in total. The number of nitrogens with one attached hydrogen (secondary N) is 2. The standard InChI is InChI=1S/C10H12N4.ClH/c11-6-8-2-1-4-13-10(8)14-9-3-5-12-7-9;/h1-2,4,9,12H,3,5,7H2,(H,13,14);1H/t9-;/m0./s1. The molecule has 0 unspecified atom stereocenters. The summed E-state index contributed by atoms with van der Waals surface area (Å²) in [7, 11) is 0. The van der Waals surface area contributed by atoms with Crippen LogP contribution in [0.2, 0.25) is 0 Å². The van der Waals surface area contributed by atoms with Crippen molar-refractivity contribution in [1.82, 2.24) is 10.3 Å². The highest BCUT2D eigenvalue weighted by Crippen LogP contribution is 2.13. The fourth-order valence-corrected chi connectivity index (χ4v) is 1.58. The zero-order chi connectivity index (χ0) is 9.80. The molecule has 1 atom stereocenters. The van der Waals surface area contributed by atoms with Gasteiger partial charge in [0, 0.05) is 18.8 Å². The van der Waals surface area contributed by atoms with E-state index in [9.17, 15) is 0 Å². The zero-order valence-electron chi connectivity index (χ0n) is 8.23. The minimum absolute atomic E-state index is 0. The molecule has 1 aromatic rings. The molecule has 80 valence electrons. The first-order valence-electron chi connectivity index (χ1n) is 4.72. The third kappa shape index (κ3) is 2.82. The molecule has 1 aromatic heterocycles. The van der Waals surface area contributed by atoms with Gasteiger partial charge in [0.15, 0.2) is 0 Å². The summed E-state index contributed by atoms with van der Waals surface area (Å²) in [6.45, 7) is 1.98. The van der Waals surface area contributed by atoms with Gasteiger partial charge in [0.05, 0.1) is 5.56 Å². The lowest BCUT2D eigenvalue weighted by Crippen LogP contribution is -2.23. The van der Waals surface area contributed by atoms with Crippen molar-refractivity contribution in [3.63, 3.8) is 0 Å². The van der Waals surface area contributed by atoms with Gasteiger partial charge < -0.3 is 10.6 Å². The molecule has 1 saturated heterocycles. The van der Waals surface area contributed by atoms with Crippen LogP contribution >= 0.6 is 12.4 Å². The third-order valence-corrected chi connectivity index (χ3v) is 2.33. The minimum atomic E-state index is 0. The van der Waals surface area contributed by atoms with Gasteiger partial charge in [-0.3, -0.25) is 0 Å². The third-order valence-electron chi connectivity index (χ3n) is 2.33. The van der Waals surface area contributed by atoms with Gasteiger partial charge in [0.2, 0.25) is 0 Å². The SMILES string of the molecule is Cl.N#Cc1cccnc1N[C@H]1CCNC1. The maximum atomic E-state index is 8.85. The first-order valence-corrected chi connectivity index (χ1v) is 4.72. The van der Waals surface area contributed by atoms with Crippen molar-refractivity contribution in [2.75, 3.05) is 18.4 Å². The van der Waals surface area contributed by atoms with Crippen LogP contribution in [0, 0.1) is 11.3 Å². The van der Waals surface area contributed by atoms with Crippen molar-refractivity contribution in [2.45, 2.75) is 12.5 Å². The maximum absolute atomic E-state index is 8.85. The number of hydrogen-bond acceptors (Lipinski definition) is 4. The fourth-order valence-electron chi connectivity index (χ4n) is 1.58. The molecule has 0 radical (unpaired) electrons. The summed E-state index contributed by atoms with van der Waals surface area (Å²) in [4.78, 5) is 4.15. The molecule has 0 amide bonds. The van der Waals surface area contributed by atoms with Gasteiger partial charge in [-0.15, -0.1) is 12.4 Å². The lowest BCUT2D eigenvalue weighted by molar-refractivity contribution is 0.787. The van der Waals surface area contributed by atoms with E-state index in [1.165, 1.54) is 0 Å². The number of pyridine rings is 1. The lowest BCUT2D eigenvalue weighted by atomic mass is 10.2. The first kappa shape index (κ1) is 11.8. The van der Waals surface area contributed by atoms with E-state index in [0.717, 1.165) is 19.5 Å². The highest BCUT2D eigenvalue weighted by molar-refractivity contribution is 5.85. The fraction of sp³-hybridized carbons (Fsp3) is 0.400. The van der Waals surface area contributed by atoms with Gasteiger partial charge in [0.25, 0.3) is 0 Å². The number of nitrogens with zero attached hydrogens (tertiary/aromatic N) is 2. The van der Waals surface area contributed by atoms with E-state index in [-0.39, 0.29) is 12.4 Å². The first-order chi connectivity index (χ1) is 6.90. The molecule has 0 aromatic carbocycles. The van der Waals surface area contributed by atoms with Gasteiger partial charge in [-0.05, 0) is 25.1 Å². The Hall–Kier alpha value is -1.31. The topological polar surface area (TPSA) is 60.7 Å². The smallest absolute Gasteiger partial charge is 0.144 e. The molecule has 1 aliphatic heterocycles. The highest BCUT2D eigenvalue weighted by Gasteiger charge is 2.15. The van der Waals surface area contributed by atoms with Crippen LogP contribution in [0.5, 0.6) is 0 Å². The summed E-state index contributed by atoms with van der Waals surface area (Å²) in [5.74, 6) is 0.698. The van der Waals surface area contributed by atoms with Crippen LogP contribution in [0.4, 0.5) is 5.82 Å². The van der Waals surface area contributed by atoms with Gasteiger partial charge in [0.1, 0.15) is 11.9 Å². The molecule has 0 aliphatic carbocycles. The number of nitriles is 1. The summed E-state index contributed by atoms with van der Waals surface area (Å²) in [5.41, 5.74) is 0.611. The van der Waals surface area contributed by atoms with Crippen LogP contribution in [0.15, 0.2) is 18.3 Å². The summed E-state index contributed by atoms with van der Waals surface area (Å²) in [6.07, 6.45) is 2.78. The van der Waals surface area contributed by atoms with E-state index >= 15 is 0 Å². The molecule has 15 heavy (non-hydrogen) atoms. The van der Waals surface area contributed by atoms with Gasteiger partial charge in [-0.1, -0.05) is 0 Å². The Morgan fingerprint density at radius 2 is 2.47 bits per heavy atom. The van der Waals surface area contributed by atoms with Gasteiger partial charge in [-0.2, -0.15) is 5.26 Å². The average molecular weight is 225 g/mol. The quantitative estimate of drug-likeness (QED) is 0.791. The Morgan fingerprint density at radius 1 is 1.60 bits per heavy atom. The molecule has 1 aliphatic rings. The lowest BCUT2D eigenvalue weighted by Gasteiger charge is -2.12. The molecule has 0 spiro atoms. The van der Waals surface area contributed by atoms with E-state index in [4.69, 9.17) is 5.26 Å². The van der Waals surface area contributed by atoms with Crippen molar-refractivity contribution < 1.29 is 0 Å². The minimum Gasteiger partial charge on any atom is -0.365 e. The second kappa shape index (κ2) is 5.54. The van der Waals surface area contributed by atoms with Gasteiger partial charge >= 0.3 is 0 Å². The number of aromatic nitrogens is 1. The van der Waals surface area contributed by atoms with Crippen molar-refractivity contribution in [2.24, 2.45) is 0 Å². The predicted molar refractivity (Wildman–Crippen MR) is 61.1 cm³/mol. The summed E-state index contributed by atoms with van der Waals surface area (Å²) >= 11 is 0. The Balaban J connectivity index is 0.00000112. The van der Waals surface area contributed by atoms with E-state index in [1.54, 1.807) is 18.3 Å². The molecular formula is C10H13ClN4. The molecule has 2 rings (SSSR count). The van der Waals surface area contributed by atoms with Crippen LogP contribution in [-0.2, 0) is 0 Å². The maximum Gasteiger partial charge on any atom is 0.144 e. The second-order valence-corrected chi connectivity index (χ2v) is 3.35. The number of anilines is 1. The molecule has 2 heterocycles. The summed E-state index contributed by atoms with van der Waals surface area (Å²) in [6, 6.07) is 6.07. The number of halogens is 1. The van der Waals surface area contributed by atoms with Crippen molar-refractivity contribution >= 4 is 18.2 Å². The van der Waals surface area contributed by atoms with Crippen molar-refractivity contribution in [3.8, 4) is 6.07 Å². The number of hydrogen-bond donors (Lipinski definition) is 2. The Morgan fingerprint density at radius 3 is 3.13 bits per heavy atom. The summed E-state index contributed by atoms with van der Waals surface area (Å²) < 4.78 is 0. The average Bonchev–Trinajstić information content (AvgIpc) is 2.71. The Labute approximate surface area is 95.1 Å². The van der Waals surface area contributed by atoms with E-state index < -0.39 is 0 Å². The molecular weight excluding hydrogens is 212 g/mol. The van der Waals surface area contributed by atoms with Gasteiger partial charge in [-0.25, -0.2) is 4.98 Å². The largest absolute Gasteiger partial charge is 0.365 e. The second-order valence-electron chi connectivity index (χ2n) is 3.35. The molecule has 0 bridgehead atoms. The Kier molecular flexibility index (Phi) is 4.35. The van der Waals surface area contributed by atoms with Crippen LogP contribution in [-0.4, -0.2) is 24.1 Å². The monoisotopic (exact) mass is 224 g/mol. The van der Waals surface area contributed by atoms with Crippen LogP contribution in [0.3, 0.4) is 0 Å². The Bertz CT molecular complexity index is 355. The molecule has 4 nitrogen and oxygen atoms in total. The normalized spacial score (nSPS) is 19.0. The van der Waals surface area contributed by atoms with Crippen molar-refractivity contribution in [1.29, 1.82) is 5.26 Å². The highest BCUT2D eigenvalue weighted by atomic mass is 35.5. The van der Waals surface area contributed by atoms with E-state index in [0.29, 0.717) is 17.4 Å². The van der Waals surface area contributed by atoms with Crippen LogP contribution in [0.1, 0.15) is 12.0 Å². The van der Waals surface area contributed by atoms with Crippen LogP contribution < -0.4 is 10.6 Å².